The van der Waals surface area contributed by atoms with Crippen molar-refractivity contribution in [3.63, 3.8) is 0 Å². The standard InChI is InChI=1S/C17H19N/c1-2-13-18-16(14-9-5-3-6-10-14)17(18)15-11-7-4-8-12-15/h3-12,16-17H,2,13H2,1H3/t16-,17-/m0/s1/i16D/t16-,17-,18?. The highest BCUT2D eigenvalue weighted by Gasteiger charge is 2.48. The Morgan fingerprint density at radius 2 is 1.50 bits per heavy atom. The fourth-order valence-electron chi connectivity index (χ4n) is 2.63. The van der Waals surface area contributed by atoms with E-state index in [0.717, 1.165) is 18.5 Å². The smallest absolute Gasteiger partial charge is 0.0552 e. The Morgan fingerprint density at radius 3 is 2.06 bits per heavy atom. The molecule has 1 nitrogen and oxygen atoms in total. The van der Waals surface area contributed by atoms with Crippen molar-refractivity contribution in [2.24, 2.45) is 0 Å². The maximum Gasteiger partial charge on any atom is 0.0552 e. The summed E-state index contributed by atoms with van der Waals surface area (Å²) in [6.07, 6.45) is 1.08. The zero-order valence-electron chi connectivity index (χ0n) is 11.7. The maximum absolute atomic E-state index is 8.87. The van der Waals surface area contributed by atoms with Gasteiger partial charge in [-0.1, -0.05) is 67.6 Å². The van der Waals surface area contributed by atoms with Crippen LogP contribution in [0, 0.1) is 0 Å². The van der Waals surface area contributed by atoms with Crippen LogP contribution >= 0.6 is 0 Å². The normalized spacial score (nSPS) is 30.8. The topological polar surface area (TPSA) is 3.01 Å². The zero-order chi connectivity index (χ0) is 13.3. The predicted octanol–water partition coefficient (Wildman–Crippen LogP) is 4.19. The van der Waals surface area contributed by atoms with Crippen molar-refractivity contribution >= 4 is 0 Å². The second-order valence-electron chi connectivity index (χ2n) is 4.76. The third-order valence-electron chi connectivity index (χ3n) is 3.46. The largest absolute Gasteiger partial charge is 0.286 e. The minimum atomic E-state index is -0.585. The molecule has 0 saturated carbocycles. The molecule has 0 aliphatic carbocycles. The lowest BCUT2D eigenvalue weighted by Crippen LogP contribution is -2.00. The molecule has 0 aromatic heterocycles. The summed E-state index contributed by atoms with van der Waals surface area (Å²) < 4.78 is 8.87. The van der Waals surface area contributed by atoms with Gasteiger partial charge in [0.1, 0.15) is 0 Å². The summed E-state index contributed by atoms with van der Waals surface area (Å²) in [5.41, 5.74) is 2.34. The van der Waals surface area contributed by atoms with Crippen molar-refractivity contribution in [2.45, 2.75) is 25.4 Å². The molecule has 3 atom stereocenters. The van der Waals surface area contributed by atoms with Gasteiger partial charge in [0, 0.05) is 0 Å². The first kappa shape index (κ1) is 10.3. The summed E-state index contributed by atoms with van der Waals surface area (Å²) in [5, 5.41) is 0. The quantitative estimate of drug-likeness (QED) is 0.722. The van der Waals surface area contributed by atoms with Crippen molar-refractivity contribution in [2.75, 3.05) is 6.54 Å². The van der Waals surface area contributed by atoms with E-state index in [1.165, 1.54) is 5.56 Å². The van der Waals surface area contributed by atoms with Crippen molar-refractivity contribution in [1.29, 1.82) is 0 Å². The molecule has 3 rings (SSSR count). The molecule has 1 saturated heterocycles. The molecule has 0 radical (unpaired) electrons. The van der Waals surface area contributed by atoms with Gasteiger partial charge in [0.2, 0.25) is 0 Å². The van der Waals surface area contributed by atoms with E-state index < -0.39 is 6.02 Å². The number of nitrogens with zero attached hydrogens (tertiary/aromatic N) is 1. The average Bonchev–Trinajstić information content (AvgIpc) is 3.07. The van der Waals surface area contributed by atoms with Crippen molar-refractivity contribution < 1.29 is 1.37 Å². The van der Waals surface area contributed by atoms with E-state index in [0.29, 0.717) is 0 Å². The number of benzene rings is 2. The second kappa shape index (κ2) is 4.95. The second-order valence-corrected chi connectivity index (χ2v) is 4.76. The fourth-order valence-corrected chi connectivity index (χ4v) is 2.63. The Kier molecular flexibility index (Phi) is 2.84. The SMILES string of the molecule is [2H][C@]1(c2ccccc2)[C@H](c2ccccc2)N1CCC. The molecule has 0 bridgehead atoms. The molecule has 1 aliphatic heterocycles. The van der Waals surface area contributed by atoms with E-state index in [9.17, 15) is 0 Å². The third-order valence-corrected chi connectivity index (χ3v) is 3.46. The van der Waals surface area contributed by atoms with E-state index in [2.05, 4.69) is 48.2 Å². The minimum Gasteiger partial charge on any atom is -0.286 e. The maximum atomic E-state index is 8.87. The van der Waals surface area contributed by atoms with E-state index in [-0.39, 0.29) is 6.04 Å². The summed E-state index contributed by atoms with van der Waals surface area (Å²) in [7, 11) is 0. The van der Waals surface area contributed by atoms with Crippen LogP contribution in [0.5, 0.6) is 0 Å². The van der Waals surface area contributed by atoms with Gasteiger partial charge in [-0.05, 0) is 24.1 Å². The fraction of sp³-hybridized carbons (Fsp3) is 0.294. The highest BCUT2D eigenvalue weighted by atomic mass is 15.3. The molecule has 1 fully saturated rings. The van der Waals surface area contributed by atoms with Crippen LogP contribution in [0.2, 0.25) is 0 Å². The van der Waals surface area contributed by atoms with Gasteiger partial charge in [0.15, 0.2) is 0 Å². The van der Waals surface area contributed by atoms with Crippen molar-refractivity contribution in [1.82, 2.24) is 4.90 Å². The first-order chi connectivity index (χ1) is 9.28. The molecule has 1 heterocycles. The third kappa shape index (κ3) is 2.06. The van der Waals surface area contributed by atoms with Crippen molar-refractivity contribution in [3.8, 4) is 0 Å². The van der Waals surface area contributed by atoms with E-state index >= 15 is 0 Å². The molecule has 0 N–H and O–H groups in total. The Labute approximate surface area is 110 Å². The summed E-state index contributed by atoms with van der Waals surface area (Å²) in [6.45, 7) is 3.14. The van der Waals surface area contributed by atoms with Crippen LogP contribution in [0.25, 0.3) is 0 Å². The molecule has 0 spiro atoms. The summed E-state index contributed by atoms with van der Waals surface area (Å²) in [6, 6.07) is 20.2. The van der Waals surface area contributed by atoms with Crippen LogP contribution in [0.1, 0.15) is 37.9 Å². The lowest BCUT2D eigenvalue weighted by molar-refractivity contribution is 0.482. The molecule has 1 aliphatic rings. The molecule has 1 heteroatoms. The zero-order valence-corrected chi connectivity index (χ0v) is 10.7. The van der Waals surface area contributed by atoms with Crippen LogP contribution < -0.4 is 0 Å². The van der Waals surface area contributed by atoms with Gasteiger partial charge in [-0.15, -0.1) is 0 Å². The van der Waals surface area contributed by atoms with Crippen LogP contribution in [0.4, 0.5) is 0 Å². The average molecular weight is 238 g/mol. The van der Waals surface area contributed by atoms with Crippen LogP contribution in [-0.2, 0) is 0 Å². The summed E-state index contributed by atoms with van der Waals surface area (Å²) >= 11 is 0. The van der Waals surface area contributed by atoms with Crippen LogP contribution in [-0.4, -0.2) is 11.4 Å². The number of hydrogen-bond donors (Lipinski definition) is 0. The molecule has 2 aromatic carbocycles. The molecule has 92 valence electrons. The molecule has 2 aromatic rings. The van der Waals surface area contributed by atoms with Gasteiger partial charge < -0.3 is 0 Å². The Bertz CT molecular complexity index is 540. The highest BCUT2D eigenvalue weighted by molar-refractivity contribution is 5.34. The Morgan fingerprint density at radius 1 is 0.944 bits per heavy atom. The first-order valence-electron chi connectivity index (χ1n) is 7.15. The van der Waals surface area contributed by atoms with Gasteiger partial charge in [-0.25, -0.2) is 0 Å². The predicted molar refractivity (Wildman–Crippen MR) is 75.4 cm³/mol. The highest BCUT2D eigenvalue weighted by Crippen LogP contribution is 2.54. The van der Waals surface area contributed by atoms with E-state index in [1.807, 2.05) is 24.3 Å². The summed E-state index contributed by atoms with van der Waals surface area (Å²) in [5.74, 6) is 0. The number of hydrogen-bond acceptors (Lipinski definition) is 1. The summed E-state index contributed by atoms with van der Waals surface area (Å²) in [4.78, 5) is 2.28. The van der Waals surface area contributed by atoms with Crippen LogP contribution in [0.3, 0.4) is 0 Å². The van der Waals surface area contributed by atoms with E-state index in [1.54, 1.807) is 0 Å². The minimum absolute atomic E-state index is 0.191. The molecule has 1 unspecified atom stereocenters. The van der Waals surface area contributed by atoms with Crippen molar-refractivity contribution in [3.05, 3.63) is 71.8 Å². The molecular formula is C17H19N. The first-order valence-corrected chi connectivity index (χ1v) is 6.65. The van der Waals surface area contributed by atoms with Gasteiger partial charge in [-0.3, -0.25) is 4.90 Å². The molecule has 18 heavy (non-hydrogen) atoms. The monoisotopic (exact) mass is 238 g/mol. The lowest BCUT2D eigenvalue weighted by Gasteiger charge is -2.00. The molecular weight excluding hydrogens is 218 g/mol. The number of rotatable bonds is 4. The van der Waals surface area contributed by atoms with Gasteiger partial charge in [-0.2, -0.15) is 0 Å². The lowest BCUT2D eigenvalue weighted by atomic mass is 10.0. The van der Waals surface area contributed by atoms with Gasteiger partial charge >= 0.3 is 0 Å². The van der Waals surface area contributed by atoms with Gasteiger partial charge in [0.05, 0.1) is 13.4 Å². The molecule has 0 amide bonds. The van der Waals surface area contributed by atoms with E-state index in [4.69, 9.17) is 1.37 Å². The Hall–Kier alpha value is -1.60. The van der Waals surface area contributed by atoms with Crippen LogP contribution in [0.15, 0.2) is 60.7 Å². The van der Waals surface area contributed by atoms with Gasteiger partial charge in [0.25, 0.3) is 0 Å². The Balaban J connectivity index is 1.96.